The van der Waals surface area contributed by atoms with Crippen LogP contribution in [0.1, 0.15) is 21.5 Å². The van der Waals surface area contributed by atoms with Gasteiger partial charge in [-0.25, -0.2) is 4.79 Å². The second kappa shape index (κ2) is 10.9. The van der Waals surface area contributed by atoms with E-state index in [1.807, 2.05) is 0 Å². The highest BCUT2D eigenvalue weighted by Crippen LogP contribution is 2.36. The van der Waals surface area contributed by atoms with Gasteiger partial charge in [-0.2, -0.15) is 0 Å². The molecule has 0 spiro atoms. The van der Waals surface area contributed by atoms with E-state index in [9.17, 15) is 24.8 Å². The van der Waals surface area contributed by atoms with E-state index >= 15 is 0 Å². The number of nitrogens with one attached hydrogen (secondary N) is 1. The standard InChI is InChI=1S/C23H16Br2N2O6/c24-18-10-15(12-20(23(29)30)26-22(28)16-6-2-1-3-7-16)11-19(25)21(18)33-13-14-5-4-8-17(9-14)27(31)32/h1-12H,13H2,(H,26,28)(H,29,30). The van der Waals surface area contributed by atoms with Crippen molar-refractivity contribution in [3.63, 3.8) is 0 Å². The van der Waals surface area contributed by atoms with Gasteiger partial charge in [0.05, 0.1) is 13.9 Å². The van der Waals surface area contributed by atoms with Crippen LogP contribution in [0.5, 0.6) is 5.75 Å². The predicted octanol–water partition coefficient (Wildman–Crippen LogP) is 5.55. The van der Waals surface area contributed by atoms with Crippen molar-refractivity contribution in [1.82, 2.24) is 5.32 Å². The van der Waals surface area contributed by atoms with Gasteiger partial charge in [-0.05, 0) is 73.3 Å². The molecule has 3 aromatic rings. The average molecular weight is 576 g/mol. The number of aliphatic carboxylic acids is 1. The van der Waals surface area contributed by atoms with Crippen LogP contribution >= 0.6 is 31.9 Å². The Morgan fingerprint density at radius 3 is 2.30 bits per heavy atom. The minimum Gasteiger partial charge on any atom is -0.487 e. The van der Waals surface area contributed by atoms with Crippen molar-refractivity contribution in [2.75, 3.05) is 0 Å². The summed E-state index contributed by atoms with van der Waals surface area (Å²) in [5, 5.41) is 22.9. The molecule has 0 aromatic heterocycles. The number of nitro groups is 1. The predicted molar refractivity (Wildman–Crippen MR) is 129 cm³/mol. The number of hydrogen-bond donors (Lipinski definition) is 2. The van der Waals surface area contributed by atoms with E-state index < -0.39 is 16.8 Å². The third-order valence-electron chi connectivity index (χ3n) is 4.35. The number of ether oxygens (including phenoxy) is 1. The quantitative estimate of drug-likeness (QED) is 0.206. The first-order valence-electron chi connectivity index (χ1n) is 9.41. The lowest BCUT2D eigenvalue weighted by molar-refractivity contribution is -0.384. The van der Waals surface area contributed by atoms with Gasteiger partial charge >= 0.3 is 5.97 Å². The van der Waals surface area contributed by atoms with Gasteiger partial charge in [0, 0.05) is 17.7 Å². The lowest BCUT2D eigenvalue weighted by Crippen LogP contribution is -2.27. The first-order chi connectivity index (χ1) is 15.7. The van der Waals surface area contributed by atoms with Gasteiger partial charge in [0.2, 0.25) is 0 Å². The van der Waals surface area contributed by atoms with Crippen LogP contribution < -0.4 is 10.1 Å². The Labute approximate surface area is 205 Å². The molecule has 33 heavy (non-hydrogen) atoms. The van der Waals surface area contributed by atoms with Gasteiger partial charge in [-0.1, -0.05) is 30.3 Å². The highest BCUT2D eigenvalue weighted by molar-refractivity contribution is 9.11. The second-order valence-corrected chi connectivity index (χ2v) is 8.42. The number of nitrogens with zero attached hydrogens (tertiary/aromatic N) is 1. The lowest BCUT2D eigenvalue weighted by Gasteiger charge is -2.12. The third kappa shape index (κ3) is 6.50. The van der Waals surface area contributed by atoms with E-state index in [0.29, 0.717) is 31.4 Å². The van der Waals surface area contributed by atoms with E-state index in [-0.39, 0.29) is 18.0 Å². The Bertz CT molecular complexity index is 1220. The van der Waals surface area contributed by atoms with Gasteiger partial charge in [-0.15, -0.1) is 0 Å². The normalized spacial score (nSPS) is 11.0. The van der Waals surface area contributed by atoms with E-state index in [1.54, 1.807) is 54.6 Å². The van der Waals surface area contributed by atoms with Crippen LogP contribution in [-0.2, 0) is 11.4 Å². The van der Waals surface area contributed by atoms with Crippen molar-refractivity contribution in [2.45, 2.75) is 6.61 Å². The zero-order valence-corrected chi connectivity index (χ0v) is 20.0. The van der Waals surface area contributed by atoms with Crippen LogP contribution in [0.3, 0.4) is 0 Å². The summed E-state index contributed by atoms with van der Waals surface area (Å²) in [6.45, 7) is 0.0849. The number of hydrogen-bond acceptors (Lipinski definition) is 5. The molecule has 3 rings (SSSR count). The fourth-order valence-corrected chi connectivity index (χ4v) is 4.27. The number of halogens is 2. The number of nitro benzene ring substituents is 1. The molecule has 0 atom stereocenters. The molecule has 0 aliphatic heterocycles. The molecule has 8 nitrogen and oxygen atoms in total. The maximum absolute atomic E-state index is 12.3. The molecule has 0 saturated carbocycles. The van der Waals surface area contributed by atoms with Crippen LogP contribution in [0.4, 0.5) is 5.69 Å². The maximum atomic E-state index is 12.3. The number of carbonyl (C=O) groups excluding carboxylic acids is 1. The number of amides is 1. The molecular weight excluding hydrogens is 560 g/mol. The number of carboxylic acid groups (broad SMARTS) is 1. The summed E-state index contributed by atoms with van der Waals surface area (Å²) in [5.41, 5.74) is 1.10. The summed E-state index contributed by atoms with van der Waals surface area (Å²) in [4.78, 5) is 34.4. The Morgan fingerprint density at radius 2 is 1.70 bits per heavy atom. The van der Waals surface area contributed by atoms with Crippen LogP contribution in [0.25, 0.3) is 6.08 Å². The van der Waals surface area contributed by atoms with Gasteiger partial charge < -0.3 is 15.2 Å². The summed E-state index contributed by atoms with van der Waals surface area (Å²) in [7, 11) is 0. The van der Waals surface area contributed by atoms with E-state index in [4.69, 9.17) is 4.74 Å². The largest absolute Gasteiger partial charge is 0.487 e. The zero-order chi connectivity index (χ0) is 24.0. The molecule has 2 N–H and O–H groups in total. The van der Waals surface area contributed by atoms with Crippen molar-refractivity contribution in [1.29, 1.82) is 0 Å². The van der Waals surface area contributed by atoms with Crippen LogP contribution in [0, 0.1) is 10.1 Å². The summed E-state index contributed by atoms with van der Waals surface area (Å²) in [5.74, 6) is -1.40. The molecule has 0 bridgehead atoms. The lowest BCUT2D eigenvalue weighted by atomic mass is 10.1. The highest BCUT2D eigenvalue weighted by Gasteiger charge is 2.15. The first kappa shape index (κ1) is 24.1. The number of non-ortho nitro benzene ring substituents is 1. The SMILES string of the molecule is O=C(O)C(=Cc1cc(Br)c(OCc2cccc([N+](=O)[O-])c2)c(Br)c1)NC(=O)c1ccccc1. The smallest absolute Gasteiger partial charge is 0.352 e. The minimum atomic E-state index is -1.29. The third-order valence-corrected chi connectivity index (χ3v) is 5.53. The van der Waals surface area contributed by atoms with Gasteiger partial charge in [0.25, 0.3) is 11.6 Å². The van der Waals surface area contributed by atoms with Crippen molar-refractivity contribution >= 4 is 55.5 Å². The number of carboxylic acids is 1. The summed E-state index contributed by atoms with van der Waals surface area (Å²) >= 11 is 6.79. The second-order valence-electron chi connectivity index (χ2n) is 6.71. The molecule has 0 heterocycles. The molecule has 1 amide bonds. The van der Waals surface area contributed by atoms with Crippen molar-refractivity contribution in [2.24, 2.45) is 0 Å². The summed E-state index contributed by atoms with van der Waals surface area (Å²) < 4.78 is 6.84. The van der Waals surface area contributed by atoms with Gasteiger partial charge in [0.15, 0.2) is 0 Å². The van der Waals surface area contributed by atoms with Crippen LogP contribution in [0.2, 0.25) is 0 Å². The Hall–Kier alpha value is -3.50. The average Bonchev–Trinajstić information content (AvgIpc) is 2.78. The molecule has 0 fully saturated rings. The van der Waals surface area contributed by atoms with Crippen molar-refractivity contribution in [3.8, 4) is 5.75 Å². The first-order valence-corrected chi connectivity index (χ1v) is 11.0. The van der Waals surface area contributed by atoms with E-state index in [1.165, 1.54) is 18.2 Å². The molecule has 0 saturated heterocycles. The van der Waals surface area contributed by atoms with Crippen LogP contribution in [0.15, 0.2) is 81.4 Å². The van der Waals surface area contributed by atoms with Gasteiger partial charge in [-0.3, -0.25) is 14.9 Å². The van der Waals surface area contributed by atoms with E-state index in [2.05, 4.69) is 37.2 Å². The number of carbonyl (C=O) groups is 2. The molecule has 0 unspecified atom stereocenters. The van der Waals surface area contributed by atoms with Crippen molar-refractivity contribution in [3.05, 3.63) is 108 Å². The molecule has 0 aliphatic carbocycles. The van der Waals surface area contributed by atoms with E-state index in [0.717, 1.165) is 0 Å². The van der Waals surface area contributed by atoms with Crippen LogP contribution in [-0.4, -0.2) is 21.9 Å². The summed E-state index contributed by atoms with van der Waals surface area (Å²) in [6.07, 6.45) is 1.32. The minimum absolute atomic E-state index is 0.0338. The van der Waals surface area contributed by atoms with Crippen molar-refractivity contribution < 1.29 is 24.4 Å². The highest BCUT2D eigenvalue weighted by atomic mass is 79.9. The topological polar surface area (TPSA) is 119 Å². The Balaban J connectivity index is 1.79. The monoisotopic (exact) mass is 574 g/mol. The summed E-state index contributed by atoms with van der Waals surface area (Å²) in [6, 6.07) is 17.6. The molecule has 10 heteroatoms. The fourth-order valence-electron chi connectivity index (χ4n) is 2.82. The number of rotatable bonds is 8. The maximum Gasteiger partial charge on any atom is 0.352 e. The van der Waals surface area contributed by atoms with Gasteiger partial charge in [0.1, 0.15) is 18.1 Å². The molecule has 0 aliphatic rings. The Morgan fingerprint density at radius 1 is 1.03 bits per heavy atom. The molecule has 0 radical (unpaired) electrons. The molecule has 168 valence electrons. The molecule has 3 aromatic carbocycles. The molecular formula is C23H16Br2N2O6. The Kier molecular flexibility index (Phi) is 7.96. The zero-order valence-electron chi connectivity index (χ0n) is 16.8. The fraction of sp³-hybridized carbons (Fsp3) is 0.0435. The number of benzene rings is 3.